The summed E-state index contributed by atoms with van der Waals surface area (Å²) >= 11 is 0. The van der Waals surface area contributed by atoms with E-state index in [0.29, 0.717) is 25.4 Å². The van der Waals surface area contributed by atoms with Gasteiger partial charge >= 0.3 is 0 Å². The van der Waals surface area contributed by atoms with Gasteiger partial charge in [-0.2, -0.15) is 0 Å². The fourth-order valence-corrected chi connectivity index (χ4v) is 1.53. The number of carbonyl (C=O) groups is 1. The Bertz CT molecular complexity index is 174. The van der Waals surface area contributed by atoms with E-state index < -0.39 is 0 Å². The zero-order chi connectivity index (χ0) is 12.2. The van der Waals surface area contributed by atoms with Crippen LogP contribution in [0.15, 0.2) is 0 Å². The molecule has 0 aliphatic rings. The number of Topliss-reactive ketones (excluding diaryl/α,β-unsaturated/α-hetero) is 1. The van der Waals surface area contributed by atoms with Crippen LogP contribution in [0.2, 0.25) is 0 Å². The minimum atomic E-state index is 0.316. The van der Waals surface area contributed by atoms with E-state index in [1.54, 1.807) is 14.2 Å². The lowest BCUT2D eigenvalue weighted by Gasteiger charge is -2.20. The number of hydrogen-bond donors (Lipinski definition) is 0. The van der Waals surface area contributed by atoms with E-state index in [4.69, 9.17) is 9.47 Å². The first-order valence-electron chi connectivity index (χ1n) is 5.96. The second-order valence-corrected chi connectivity index (χ2v) is 3.90. The van der Waals surface area contributed by atoms with Crippen molar-refractivity contribution in [1.29, 1.82) is 0 Å². The highest BCUT2D eigenvalue weighted by Gasteiger charge is 2.09. The molecule has 0 N–H and O–H groups in total. The first-order chi connectivity index (χ1) is 7.74. The molecule has 0 rings (SSSR count). The zero-order valence-electron chi connectivity index (χ0n) is 10.8. The van der Waals surface area contributed by atoms with Crippen molar-refractivity contribution in [2.45, 2.75) is 26.2 Å². The molecule has 4 heteroatoms. The number of nitrogens with zero attached hydrogens (tertiary/aromatic N) is 1. The van der Waals surface area contributed by atoms with Crippen LogP contribution < -0.4 is 0 Å². The zero-order valence-corrected chi connectivity index (χ0v) is 10.8. The van der Waals surface area contributed by atoms with Crippen LogP contribution in [0.25, 0.3) is 0 Å². The third-order valence-corrected chi connectivity index (χ3v) is 2.36. The summed E-state index contributed by atoms with van der Waals surface area (Å²) in [7, 11) is 3.38. The molecular weight excluding hydrogens is 206 g/mol. The topological polar surface area (TPSA) is 38.8 Å². The van der Waals surface area contributed by atoms with Crippen LogP contribution in [-0.2, 0) is 14.3 Å². The van der Waals surface area contributed by atoms with Crippen molar-refractivity contribution in [3.8, 4) is 0 Å². The Morgan fingerprint density at radius 2 is 1.81 bits per heavy atom. The summed E-state index contributed by atoms with van der Waals surface area (Å²) in [6.45, 7) is 5.70. The molecule has 0 saturated carbocycles. The van der Waals surface area contributed by atoms with Crippen molar-refractivity contribution in [2.75, 3.05) is 47.1 Å². The Morgan fingerprint density at radius 1 is 1.12 bits per heavy atom. The van der Waals surface area contributed by atoms with Gasteiger partial charge in [0, 0.05) is 40.3 Å². The van der Waals surface area contributed by atoms with Gasteiger partial charge in [-0.05, 0) is 12.8 Å². The molecule has 0 aromatic heterocycles. The summed E-state index contributed by atoms with van der Waals surface area (Å²) in [6, 6.07) is 0. The quantitative estimate of drug-likeness (QED) is 0.503. The fourth-order valence-electron chi connectivity index (χ4n) is 1.53. The second kappa shape index (κ2) is 11.0. The molecule has 4 nitrogen and oxygen atoms in total. The van der Waals surface area contributed by atoms with E-state index in [1.165, 1.54) is 0 Å². The van der Waals surface area contributed by atoms with Crippen LogP contribution in [0.3, 0.4) is 0 Å². The lowest BCUT2D eigenvalue weighted by molar-refractivity contribution is -0.120. The molecular formula is C12H25NO3. The predicted octanol–water partition coefficient (Wildman–Crippen LogP) is 1.34. The highest BCUT2D eigenvalue weighted by Crippen LogP contribution is 1.97. The Balaban J connectivity index is 3.83. The second-order valence-electron chi connectivity index (χ2n) is 3.90. The van der Waals surface area contributed by atoms with Gasteiger partial charge in [0.25, 0.3) is 0 Å². The standard InChI is InChI=1S/C12H25NO3/c1-4-6-12(14)11-13(8-10-16-3)7-5-9-15-2/h4-11H2,1-3H3. The van der Waals surface area contributed by atoms with E-state index in [2.05, 4.69) is 4.90 Å². The molecule has 0 aliphatic carbocycles. The lowest BCUT2D eigenvalue weighted by atomic mass is 10.2. The Hall–Kier alpha value is -0.450. The minimum Gasteiger partial charge on any atom is -0.385 e. The van der Waals surface area contributed by atoms with Gasteiger partial charge in [-0.1, -0.05) is 6.92 Å². The monoisotopic (exact) mass is 231 g/mol. The molecule has 0 atom stereocenters. The van der Waals surface area contributed by atoms with Gasteiger partial charge in [0.2, 0.25) is 0 Å². The predicted molar refractivity (Wildman–Crippen MR) is 64.7 cm³/mol. The van der Waals surface area contributed by atoms with Crippen LogP contribution in [-0.4, -0.2) is 57.8 Å². The van der Waals surface area contributed by atoms with Crippen LogP contribution in [0.1, 0.15) is 26.2 Å². The number of ketones is 1. The Kier molecular flexibility index (Phi) is 10.7. The van der Waals surface area contributed by atoms with Crippen LogP contribution in [0.4, 0.5) is 0 Å². The van der Waals surface area contributed by atoms with Gasteiger partial charge in [0.15, 0.2) is 0 Å². The number of hydrogen-bond acceptors (Lipinski definition) is 4. The summed E-state index contributed by atoms with van der Waals surface area (Å²) in [5.74, 6) is 0.316. The maximum Gasteiger partial charge on any atom is 0.146 e. The third-order valence-electron chi connectivity index (χ3n) is 2.36. The highest BCUT2D eigenvalue weighted by molar-refractivity contribution is 5.80. The molecule has 0 saturated heterocycles. The third kappa shape index (κ3) is 8.83. The van der Waals surface area contributed by atoms with Crippen molar-refractivity contribution in [3.63, 3.8) is 0 Å². The van der Waals surface area contributed by atoms with Crippen molar-refractivity contribution < 1.29 is 14.3 Å². The van der Waals surface area contributed by atoms with E-state index >= 15 is 0 Å². The number of carbonyl (C=O) groups excluding carboxylic acids is 1. The van der Waals surface area contributed by atoms with Gasteiger partial charge < -0.3 is 9.47 Å². The first-order valence-corrected chi connectivity index (χ1v) is 5.96. The van der Waals surface area contributed by atoms with Crippen molar-refractivity contribution in [2.24, 2.45) is 0 Å². The van der Waals surface area contributed by atoms with Crippen molar-refractivity contribution in [1.82, 2.24) is 4.90 Å². The molecule has 0 spiro atoms. The highest BCUT2D eigenvalue weighted by atomic mass is 16.5. The van der Waals surface area contributed by atoms with Crippen molar-refractivity contribution >= 4 is 5.78 Å². The van der Waals surface area contributed by atoms with Crippen LogP contribution in [0, 0.1) is 0 Å². The molecule has 0 aliphatic heterocycles. The van der Waals surface area contributed by atoms with Gasteiger partial charge in [-0.3, -0.25) is 9.69 Å². The molecule has 0 fully saturated rings. The average molecular weight is 231 g/mol. The number of ether oxygens (including phenoxy) is 2. The SMILES string of the molecule is CCCC(=O)CN(CCCOC)CCOC. The lowest BCUT2D eigenvalue weighted by Crippen LogP contribution is -2.34. The average Bonchev–Trinajstić information content (AvgIpc) is 2.26. The summed E-state index contributed by atoms with van der Waals surface area (Å²) in [4.78, 5) is 13.7. The van der Waals surface area contributed by atoms with Gasteiger partial charge in [0.1, 0.15) is 5.78 Å². The van der Waals surface area contributed by atoms with E-state index in [-0.39, 0.29) is 0 Å². The molecule has 0 bridgehead atoms. The Morgan fingerprint density at radius 3 is 2.38 bits per heavy atom. The van der Waals surface area contributed by atoms with E-state index in [1.807, 2.05) is 6.92 Å². The van der Waals surface area contributed by atoms with Gasteiger partial charge in [0.05, 0.1) is 13.2 Å². The normalized spacial score (nSPS) is 11.0. The molecule has 0 amide bonds. The number of methoxy groups -OCH3 is 2. The van der Waals surface area contributed by atoms with E-state index in [0.717, 1.165) is 32.5 Å². The smallest absolute Gasteiger partial charge is 0.146 e. The number of rotatable bonds is 11. The van der Waals surface area contributed by atoms with Crippen LogP contribution >= 0.6 is 0 Å². The molecule has 16 heavy (non-hydrogen) atoms. The molecule has 0 aromatic rings. The van der Waals surface area contributed by atoms with Crippen LogP contribution in [0.5, 0.6) is 0 Å². The minimum absolute atomic E-state index is 0.316. The maximum absolute atomic E-state index is 11.5. The summed E-state index contributed by atoms with van der Waals surface area (Å²) in [5, 5.41) is 0. The molecule has 0 heterocycles. The summed E-state index contributed by atoms with van der Waals surface area (Å²) in [5.41, 5.74) is 0. The fraction of sp³-hybridized carbons (Fsp3) is 0.917. The van der Waals surface area contributed by atoms with E-state index in [9.17, 15) is 4.79 Å². The molecule has 0 radical (unpaired) electrons. The molecule has 0 unspecified atom stereocenters. The summed E-state index contributed by atoms with van der Waals surface area (Å²) in [6.07, 6.45) is 2.56. The first kappa shape index (κ1) is 15.6. The molecule has 96 valence electrons. The maximum atomic E-state index is 11.5. The van der Waals surface area contributed by atoms with Gasteiger partial charge in [-0.15, -0.1) is 0 Å². The largest absolute Gasteiger partial charge is 0.385 e. The summed E-state index contributed by atoms with van der Waals surface area (Å²) < 4.78 is 10.0. The Labute approximate surface area is 98.9 Å². The van der Waals surface area contributed by atoms with Crippen molar-refractivity contribution in [3.05, 3.63) is 0 Å². The van der Waals surface area contributed by atoms with Gasteiger partial charge in [-0.25, -0.2) is 0 Å². The molecule has 0 aromatic carbocycles.